The number of carbonyl (C=O) groups is 1. The number of ether oxygens (including phenoxy) is 1. The summed E-state index contributed by atoms with van der Waals surface area (Å²) in [5.41, 5.74) is 1.94. The molecule has 2 heterocycles. The van der Waals surface area contributed by atoms with Gasteiger partial charge < -0.3 is 10.1 Å². The molecule has 2 aromatic heterocycles. The lowest BCUT2D eigenvalue weighted by Gasteiger charge is -2.19. The Morgan fingerprint density at radius 2 is 1.92 bits per heavy atom. The summed E-state index contributed by atoms with van der Waals surface area (Å²) in [6.07, 6.45) is 4.89. The Morgan fingerprint density at radius 1 is 1.24 bits per heavy atom. The zero-order chi connectivity index (χ0) is 28.0. The number of pyridine rings is 1. The zero-order valence-corrected chi connectivity index (χ0v) is 23.0. The predicted octanol–water partition coefficient (Wildman–Crippen LogP) is 6.27. The molecule has 0 saturated carbocycles. The number of rotatable bonds is 9. The van der Waals surface area contributed by atoms with Crippen molar-refractivity contribution in [3.05, 3.63) is 86.6 Å². The number of benzene rings is 1. The lowest BCUT2D eigenvalue weighted by atomic mass is 10.0. The third kappa shape index (κ3) is 7.16. The van der Waals surface area contributed by atoms with Crippen molar-refractivity contribution < 1.29 is 13.9 Å². The van der Waals surface area contributed by atoms with Gasteiger partial charge >= 0.3 is 5.97 Å². The molecular formula is C29H32ClFN4O3. The average molecular weight is 539 g/mol. The molecule has 0 atom stereocenters. The van der Waals surface area contributed by atoms with Crippen LogP contribution in [0.5, 0.6) is 0 Å². The van der Waals surface area contributed by atoms with E-state index < -0.39 is 17.5 Å². The van der Waals surface area contributed by atoms with Crippen LogP contribution in [-0.4, -0.2) is 32.9 Å². The van der Waals surface area contributed by atoms with Crippen molar-refractivity contribution in [1.82, 2.24) is 14.8 Å². The van der Waals surface area contributed by atoms with Crippen molar-refractivity contribution in [2.45, 2.75) is 53.2 Å². The van der Waals surface area contributed by atoms with Crippen molar-refractivity contribution in [3.63, 3.8) is 0 Å². The van der Waals surface area contributed by atoms with Gasteiger partial charge in [0.05, 0.1) is 29.1 Å². The fraction of sp³-hybridized carbons (Fsp3) is 0.310. The number of anilines is 1. The lowest BCUT2D eigenvalue weighted by Crippen LogP contribution is -2.27. The van der Waals surface area contributed by atoms with Crippen LogP contribution in [0, 0.1) is 12.9 Å². The first-order valence-electron chi connectivity index (χ1n) is 12.2. The molecule has 0 saturated heterocycles. The minimum absolute atomic E-state index is 0.0194. The molecule has 0 bridgehead atoms. The number of esters is 1. The normalized spacial score (nSPS) is 11.6. The summed E-state index contributed by atoms with van der Waals surface area (Å²) in [5, 5.41) is 7.51. The summed E-state index contributed by atoms with van der Waals surface area (Å²) in [5.74, 6) is -1.15. The third-order valence-corrected chi connectivity index (χ3v) is 5.74. The van der Waals surface area contributed by atoms with Gasteiger partial charge in [0.2, 0.25) is 5.95 Å². The van der Waals surface area contributed by atoms with Crippen LogP contribution >= 0.6 is 11.6 Å². The topological polar surface area (TPSA) is 86.1 Å². The van der Waals surface area contributed by atoms with E-state index in [2.05, 4.69) is 22.0 Å². The fourth-order valence-corrected chi connectivity index (χ4v) is 3.96. The monoisotopic (exact) mass is 538 g/mol. The highest BCUT2D eigenvalue weighted by molar-refractivity contribution is 6.33. The maximum absolute atomic E-state index is 15.4. The number of aryl methyl sites for hydroxylation is 1. The molecule has 0 aliphatic heterocycles. The summed E-state index contributed by atoms with van der Waals surface area (Å²) >= 11 is 6.44. The van der Waals surface area contributed by atoms with E-state index in [1.54, 1.807) is 39.8 Å². The van der Waals surface area contributed by atoms with Gasteiger partial charge in [0, 0.05) is 12.1 Å². The third-order valence-electron chi connectivity index (χ3n) is 5.45. The van der Waals surface area contributed by atoms with Crippen molar-refractivity contribution in [1.29, 1.82) is 0 Å². The highest BCUT2D eigenvalue weighted by Gasteiger charge is 2.21. The molecular weight excluding hydrogens is 507 g/mol. The zero-order valence-electron chi connectivity index (χ0n) is 22.3. The van der Waals surface area contributed by atoms with Gasteiger partial charge in [-0.2, -0.15) is 9.49 Å². The molecule has 3 rings (SSSR count). The number of hydrogen-bond acceptors (Lipinski definition) is 6. The minimum atomic E-state index is -0.836. The Balaban J connectivity index is 2.00. The Morgan fingerprint density at radius 3 is 2.53 bits per heavy atom. The summed E-state index contributed by atoms with van der Waals surface area (Å²) in [7, 11) is 0. The lowest BCUT2D eigenvalue weighted by molar-refractivity contribution is -0.154. The first-order valence-corrected chi connectivity index (χ1v) is 12.6. The van der Waals surface area contributed by atoms with Gasteiger partial charge in [-0.3, -0.25) is 9.59 Å². The molecule has 38 heavy (non-hydrogen) atoms. The van der Waals surface area contributed by atoms with Gasteiger partial charge in [0.15, 0.2) is 0 Å². The molecule has 9 heteroatoms. The molecule has 0 spiro atoms. The van der Waals surface area contributed by atoms with Gasteiger partial charge in [-0.1, -0.05) is 66.2 Å². The molecule has 200 valence electrons. The minimum Gasteiger partial charge on any atom is -0.460 e. The number of nitrogens with one attached hydrogen (secondary N) is 1. The standard InChI is InChI=1S/C29H32ClFN4O3/c1-7-9-21-20(8-2)25(34-35(28(21)37)17-19-12-10-18(3)11-13-19)22-16-23(30)27(33-26(22)31)32-15-14-24(36)38-29(4,5)6/h7-13,16H,2,14-15,17H2,1,3-6H3,(H,32,33)/b9-7-. The van der Waals surface area contributed by atoms with Gasteiger partial charge in [0.1, 0.15) is 17.1 Å². The largest absolute Gasteiger partial charge is 0.460 e. The van der Waals surface area contributed by atoms with E-state index in [-0.39, 0.29) is 47.2 Å². The van der Waals surface area contributed by atoms with Gasteiger partial charge in [0.25, 0.3) is 5.56 Å². The van der Waals surface area contributed by atoms with Crippen LogP contribution in [0.1, 0.15) is 56.4 Å². The van der Waals surface area contributed by atoms with E-state index in [0.29, 0.717) is 11.1 Å². The van der Waals surface area contributed by atoms with Crippen molar-refractivity contribution in [2.24, 2.45) is 0 Å². The Hall–Kier alpha value is -3.78. The van der Waals surface area contributed by atoms with Crippen LogP contribution in [0.2, 0.25) is 5.02 Å². The van der Waals surface area contributed by atoms with Crippen LogP contribution in [-0.2, 0) is 16.1 Å². The van der Waals surface area contributed by atoms with Crippen LogP contribution in [0.4, 0.5) is 10.2 Å². The smallest absolute Gasteiger partial charge is 0.308 e. The molecule has 0 amide bonds. The molecule has 7 nitrogen and oxygen atoms in total. The molecule has 0 fully saturated rings. The molecule has 0 aliphatic carbocycles. The van der Waals surface area contributed by atoms with Crippen LogP contribution < -0.4 is 10.9 Å². The SMILES string of the molecule is C=Cc1c(-c2cc(Cl)c(NCCC(=O)OC(C)(C)C)nc2F)nn(Cc2ccc(C)cc2)c(=O)c1/C=C\C. The first-order chi connectivity index (χ1) is 17.9. The molecule has 0 aliphatic rings. The average Bonchev–Trinajstić information content (AvgIpc) is 2.83. The van der Waals surface area contributed by atoms with Crippen molar-refractivity contribution in [3.8, 4) is 11.3 Å². The maximum atomic E-state index is 15.4. The predicted molar refractivity (Wildman–Crippen MR) is 151 cm³/mol. The fourth-order valence-electron chi connectivity index (χ4n) is 3.74. The van der Waals surface area contributed by atoms with E-state index in [1.165, 1.54) is 16.8 Å². The molecule has 1 aromatic carbocycles. The number of nitrogens with zero attached hydrogens (tertiary/aromatic N) is 3. The molecule has 0 radical (unpaired) electrons. The van der Waals surface area contributed by atoms with Crippen LogP contribution in [0.25, 0.3) is 23.4 Å². The van der Waals surface area contributed by atoms with Crippen LogP contribution in [0.15, 0.2) is 47.8 Å². The Labute approximate surface area is 227 Å². The van der Waals surface area contributed by atoms with E-state index in [9.17, 15) is 9.59 Å². The van der Waals surface area contributed by atoms with Gasteiger partial charge in [-0.05, 0) is 46.2 Å². The quantitative estimate of drug-likeness (QED) is 0.255. The number of allylic oxidation sites excluding steroid dienone is 1. The number of aromatic nitrogens is 3. The van der Waals surface area contributed by atoms with Crippen molar-refractivity contribution >= 4 is 35.5 Å². The van der Waals surface area contributed by atoms with Crippen LogP contribution in [0.3, 0.4) is 0 Å². The number of carbonyl (C=O) groups excluding carboxylic acids is 1. The van der Waals surface area contributed by atoms with Gasteiger partial charge in [-0.25, -0.2) is 9.67 Å². The van der Waals surface area contributed by atoms with Crippen molar-refractivity contribution in [2.75, 3.05) is 11.9 Å². The number of hydrogen-bond donors (Lipinski definition) is 1. The Bertz CT molecular complexity index is 1420. The first kappa shape index (κ1) is 28.8. The summed E-state index contributed by atoms with van der Waals surface area (Å²) in [6.45, 7) is 13.3. The second-order valence-electron chi connectivity index (χ2n) is 9.75. The molecule has 1 N–H and O–H groups in total. The summed E-state index contributed by atoms with van der Waals surface area (Å²) < 4.78 is 21.9. The summed E-state index contributed by atoms with van der Waals surface area (Å²) in [6, 6.07) is 9.12. The second kappa shape index (κ2) is 12.2. The second-order valence-corrected chi connectivity index (χ2v) is 10.2. The highest BCUT2D eigenvalue weighted by atomic mass is 35.5. The molecule has 0 unspecified atom stereocenters. The Kier molecular flexibility index (Phi) is 9.22. The van der Waals surface area contributed by atoms with E-state index in [1.807, 2.05) is 31.2 Å². The summed E-state index contributed by atoms with van der Waals surface area (Å²) in [4.78, 5) is 29.2. The highest BCUT2D eigenvalue weighted by Crippen LogP contribution is 2.31. The molecule has 3 aromatic rings. The van der Waals surface area contributed by atoms with Gasteiger partial charge in [-0.15, -0.1) is 0 Å². The maximum Gasteiger partial charge on any atom is 0.308 e. The van der Waals surface area contributed by atoms with E-state index in [4.69, 9.17) is 16.3 Å². The van der Waals surface area contributed by atoms with E-state index >= 15 is 4.39 Å². The number of halogens is 2. The van der Waals surface area contributed by atoms with E-state index in [0.717, 1.165) is 11.1 Å².